The first-order valence-corrected chi connectivity index (χ1v) is 11.4. The topological polar surface area (TPSA) is 45.2 Å². The zero-order valence-corrected chi connectivity index (χ0v) is 18.7. The number of carbonyl (C=O) groups is 1. The Morgan fingerprint density at radius 3 is 2.09 bits per heavy atom. The number of nitrogens with one attached hydrogen (secondary N) is 1. The second kappa shape index (κ2) is 10.3. The molecule has 1 aromatic heterocycles. The SMILES string of the molecule is C=C(C)c1ccc(N2CCC(NC(=O)CC(c3ccccc3)c3ccccc3)CC2)nc1. The molecule has 1 amide bonds. The van der Waals surface area contributed by atoms with Crippen LogP contribution < -0.4 is 10.2 Å². The molecule has 0 spiro atoms. The van der Waals surface area contributed by atoms with Crippen molar-refractivity contribution in [3.8, 4) is 0 Å². The van der Waals surface area contributed by atoms with Crippen molar-refractivity contribution in [1.29, 1.82) is 0 Å². The average molecular weight is 426 g/mol. The van der Waals surface area contributed by atoms with Crippen LogP contribution in [0.3, 0.4) is 0 Å². The normalized spacial score (nSPS) is 14.4. The van der Waals surface area contributed by atoms with E-state index in [9.17, 15) is 4.79 Å². The van der Waals surface area contributed by atoms with E-state index < -0.39 is 0 Å². The molecule has 0 saturated carbocycles. The summed E-state index contributed by atoms with van der Waals surface area (Å²) >= 11 is 0. The second-order valence-electron chi connectivity index (χ2n) is 8.59. The monoisotopic (exact) mass is 425 g/mol. The first-order chi connectivity index (χ1) is 15.6. The van der Waals surface area contributed by atoms with Gasteiger partial charge in [0.25, 0.3) is 0 Å². The summed E-state index contributed by atoms with van der Waals surface area (Å²) in [6.07, 6.45) is 4.20. The molecule has 4 heteroatoms. The first-order valence-electron chi connectivity index (χ1n) is 11.4. The Balaban J connectivity index is 1.34. The lowest BCUT2D eigenvalue weighted by atomic mass is 9.88. The Morgan fingerprint density at radius 1 is 1.00 bits per heavy atom. The number of carbonyl (C=O) groups excluding carboxylic acids is 1. The summed E-state index contributed by atoms with van der Waals surface area (Å²) in [6, 6.07) is 25.0. The van der Waals surface area contributed by atoms with Crippen molar-refractivity contribution in [2.24, 2.45) is 0 Å². The Morgan fingerprint density at radius 2 is 1.59 bits per heavy atom. The van der Waals surface area contributed by atoms with E-state index in [2.05, 4.69) is 58.2 Å². The van der Waals surface area contributed by atoms with E-state index >= 15 is 0 Å². The molecule has 0 atom stereocenters. The van der Waals surface area contributed by atoms with E-state index in [0.29, 0.717) is 6.42 Å². The highest BCUT2D eigenvalue weighted by Crippen LogP contribution is 2.28. The molecule has 164 valence electrons. The highest BCUT2D eigenvalue weighted by Gasteiger charge is 2.24. The molecule has 1 aliphatic rings. The van der Waals surface area contributed by atoms with Crippen molar-refractivity contribution in [1.82, 2.24) is 10.3 Å². The lowest BCUT2D eigenvalue weighted by Crippen LogP contribution is -2.45. The smallest absolute Gasteiger partial charge is 0.221 e. The maximum Gasteiger partial charge on any atom is 0.221 e. The summed E-state index contributed by atoms with van der Waals surface area (Å²) in [5.41, 5.74) is 4.44. The number of amides is 1. The van der Waals surface area contributed by atoms with E-state index in [4.69, 9.17) is 0 Å². The van der Waals surface area contributed by atoms with Gasteiger partial charge in [-0.3, -0.25) is 4.79 Å². The fraction of sp³-hybridized carbons (Fsp3) is 0.286. The number of rotatable bonds is 7. The highest BCUT2D eigenvalue weighted by atomic mass is 16.1. The van der Waals surface area contributed by atoms with Crippen LogP contribution in [-0.4, -0.2) is 30.0 Å². The number of benzene rings is 2. The molecule has 1 fully saturated rings. The molecule has 1 aliphatic heterocycles. The van der Waals surface area contributed by atoms with Gasteiger partial charge in [0, 0.05) is 37.7 Å². The van der Waals surface area contributed by atoms with Gasteiger partial charge in [0.05, 0.1) is 0 Å². The lowest BCUT2D eigenvalue weighted by Gasteiger charge is -2.33. The van der Waals surface area contributed by atoms with E-state index in [1.165, 1.54) is 11.1 Å². The van der Waals surface area contributed by atoms with Crippen LogP contribution in [0.4, 0.5) is 5.82 Å². The van der Waals surface area contributed by atoms with E-state index in [1.54, 1.807) is 0 Å². The van der Waals surface area contributed by atoms with Gasteiger partial charge in [0.2, 0.25) is 5.91 Å². The van der Waals surface area contributed by atoms with Gasteiger partial charge in [-0.15, -0.1) is 0 Å². The molecular formula is C28H31N3O. The van der Waals surface area contributed by atoms with E-state index in [-0.39, 0.29) is 17.9 Å². The van der Waals surface area contributed by atoms with Gasteiger partial charge >= 0.3 is 0 Å². The zero-order valence-electron chi connectivity index (χ0n) is 18.7. The van der Waals surface area contributed by atoms with Crippen molar-refractivity contribution in [2.45, 2.75) is 38.1 Å². The summed E-state index contributed by atoms with van der Waals surface area (Å²) in [5.74, 6) is 1.17. The molecule has 1 saturated heterocycles. The number of hydrogen-bond donors (Lipinski definition) is 1. The number of anilines is 1. The van der Waals surface area contributed by atoms with Gasteiger partial charge in [-0.2, -0.15) is 0 Å². The zero-order chi connectivity index (χ0) is 22.3. The van der Waals surface area contributed by atoms with E-state index in [1.807, 2.05) is 49.5 Å². The minimum absolute atomic E-state index is 0.0634. The minimum atomic E-state index is 0.0634. The molecule has 0 bridgehead atoms. The summed E-state index contributed by atoms with van der Waals surface area (Å²) in [5, 5.41) is 3.29. The minimum Gasteiger partial charge on any atom is -0.356 e. The third-order valence-corrected chi connectivity index (χ3v) is 6.22. The van der Waals surface area contributed by atoms with Gasteiger partial charge in [0.1, 0.15) is 5.82 Å². The van der Waals surface area contributed by atoms with Crippen molar-refractivity contribution >= 4 is 17.3 Å². The van der Waals surface area contributed by atoms with Gasteiger partial charge in [-0.05, 0) is 54.2 Å². The van der Waals surface area contributed by atoms with Crippen LogP contribution in [0, 0.1) is 0 Å². The summed E-state index contributed by atoms with van der Waals surface area (Å²) < 4.78 is 0. The predicted molar refractivity (Wildman–Crippen MR) is 132 cm³/mol. The Labute approximate surface area is 191 Å². The molecule has 0 radical (unpaired) electrons. The average Bonchev–Trinajstić information content (AvgIpc) is 2.84. The molecule has 1 N–H and O–H groups in total. The van der Waals surface area contributed by atoms with Crippen LogP contribution in [0.25, 0.3) is 5.57 Å². The van der Waals surface area contributed by atoms with Crippen LogP contribution in [-0.2, 0) is 4.79 Å². The van der Waals surface area contributed by atoms with Crippen LogP contribution in [0.15, 0.2) is 85.6 Å². The van der Waals surface area contributed by atoms with Crippen molar-refractivity contribution < 1.29 is 4.79 Å². The van der Waals surface area contributed by atoms with Crippen LogP contribution >= 0.6 is 0 Å². The predicted octanol–water partition coefficient (Wildman–Crippen LogP) is 5.42. The van der Waals surface area contributed by atoms with Crippen LogP contribution in [0.5, 0.6) is 0 Å². The van der Waals surface area contributed by atoms with Gasteiger partial charge in [-0.25, -0.2) is 4.98 Å². The number of piperidine rings is 1. The molecule has 4 nitrogen and oxygen atoms in total. The largest absolute Gasteiger partial charge is 0.356 e. The molecular weight excluding hydrogens is 394 g/mol. The van der Waals surface area contributed by atoms with Gasteiger partial charge in [0.15, 0.2) is 0 Å². The van der Waals surface area contributed by atoms with Crippen molar-refractivity contribution in [3.05, 3.63) is 102 Å². The van der Waals surface area contributed by atoms with E-state index in [0.717, 1.165) is 42.9 Å². The number of aromatic nitrogens is 1. The maximum atomic E-state index is 13.0. The first kappa shape index (κ1) is 21.8. The standard InChI is InChI=1S/C28H31N3O/c1-21(2)24-13-14-27(29-20-24)31-17-15-25(16-18-31)30-28(32)19-26(22-9-5-3-6-10-22)23-11-7-4-8-12-23/h3-14,20,25-26H,1,15-19H2,2H3,(H,30,32). The Bertz CT molecular complexity index is 984. The Kier molecular flexibility index (Phi) is 7.00. The lowest BCUT2D eigenvalue weighted by molar-refractivity contribution is -0.122. The molecule has 2 heterocycles. The molecule has 3 aromatic rings. The third-order valence-electron chi connectivity index (χ3n) is 6.22. The number of nitrogens with zero attached hydrogens (tertiary/aromatic N) is 2. The van der Waals surface area contributed by atoms with Crippen molar-refractivity contribution in [3.63, 3.8) is 0 Å². The highest BCUT2D eigenvalue weighted by molar-refractivity contribution is 5.78. The molecule has 0 unspecified atom stereocenters. The third kappa shape index (κ3) is 5.44. The number of allylic oxidation sites excluding steroid dienone is 1. The van der Waals surface area contributed by atoms with Gasteiger partial charge in [-0.1, -0.05) is 67.2 Å². The van der Waals surface area contributed by atoms with Gasteiger partial charge < -0.3 is 10.2 Å². The molecule has 2 aromatic carbocycles. The molecule has 0 aliphatic carbocycles. The fourth-order valence-corrected chi connectivity index (χ4v) is 4.35. The molecule has 32 heavy (non-hydrogen) atoms. The summed E-state index contributed by atoms with van der Waals surface area (Å²) in [6.45, 7) is 7.75. The van der Waals surface area contributed by atoms with Crippen molar-refractivity contribution in [2.75, 3.05) is 18.0 Å². The summed E-state index contributed by atoms with van der Waals surface area (Å²) in [4.78, 5) is 19.9. The second-order valence-corrected chi connectivity index (χ2v) is 8.59. The fourth-order valence-electron chi connectivity index (χ4n) is 4.35. The Hall–Kier alpha value is -3.40. The molecule has 4 rings (SSSR count). The number of hydrogen-bond acceptors (Lipinski definition) is 3. The van der Waals surface area contributed by atoms with Crippen LogP contribution in [0.1, 0.15) is 48.8 Å². The number of pyridine rings is 1. The maximum absolute atomic E-state index is 13.0. The van der Waals surface area contributed by atoms with Crippen LogP contribution in [0.2, 0.25) is 0 Å². The quantitative estimate of drug-likeness (QED) is 0.550. The summed E-state index contributed by atoms with van der Waals surface area (Å²) in [7, 11) is 0.